The summed E-state index contributed by atoms with van der Waals surface area (Å²) in [6, 6.07) is 0. The quantitative estimate of drug-likeness (QED) is 0.631. The fourth-order valence-corrected chi connectivity index (χ4v) is 1.91. The first-order valence-electron chi connectivity index (χ1n) is 5.83. The van der Waals surface area contributed by atoms with E-state index in [2.05, 4.69) is 20.5 Å². The van der Waals surface area contributed by atoms with Crippen LogP contribution in [0.2, 0.25) is 0 Å². The molecule has 1 aromatic heterocycles. The molecule has 1 aliphatic rings. The van der Waals surface area contributed by atoms with Crippen LogP contribution in [-0.2, 0) is 4.74 Å². The normalized spacial score (nSPS) is 16.2. The molecule has 0 unspecified atom stereocenters. The maximum absolute atomic E-state index is 11.5. The van der Waals surface area contributed by atoms with Crippen LogP contribution >= 0.6 is 0 Å². The largest absolute Gasteiger partial charge is 0.376 e. The minimum atomic E-state index is -0.316. The van der Waals surface area contributed by atoms with Crippen molar-refractivity contribution in [2.45, 2.75) is 31.8 Å². The molecule has 0 radical (unpaired) electrons. The molecule has 7 nitrogen and oxygen atoms in total. The standard InChI is InChI=1S/C10H17N5O2/c11-10-13-8(14-15-10)9(16)12-5-6-17-7-3-1-2-4-7/h7H,1-6H2,(H,12,16)(H3,11,13,14,15). The number of aromatic amines is 1. The Bertz CT molecular complexity index is 373. The van der Waals surface area contributed by atoms with Crippen molar-refractivity contribution >= 4 is 11.9 Å². The molecule has 1 aliphatic carbocycles. The Morgan fingerprint density at radius 2 is 2.29 bits per heavy atom. The number of amides is 1. The summed E-state index contributed by atoms with van der Waals surface area (Å²) in [4.78, 5) is 15.2. The third-order valence-electron chi connectivity index (χ3n) is 2.76. The monoisotopic (exact) mass is 239 g/mol. The minimum absolute atomic E-state index is 0.0670. The van der Waals surface area contributed by atoms with E-state index in [0.717, 1.165) is 12.8 Å². The minimum Gasteiger partial charge on any atom is -0.376 e. The molecule has 1 saturated carbocycles. The molecule has 2 rings (SSSR count). The highest BCUT2D eigenvalue weighted by atomic mass is 16.5. The van der Waals surface area contributed by atoms with E-state index in [1.165, 1.54) is 12.8 Å². The maximum atomic E-state index is 11.5. The number of H-pyrrole nitrogens is 1. The summed E-state index contributed by atoms with van der Waals surface area (Å²) in [5.41, 5.74) is 5.30. The predicted octanol–water partition coefficient (Wildman–Crippen LogP) is 0.0759. The summed E-state index contributed by atoms with van der Waals surface area (Å²) in [5.74, 6) is -0.120. The molecular formula is C10H17N5O2. The third-order valence-corrected chi connectivity index (χ3v) is 2.76. The van der Waals surface area contributed by atoms with Crippen molar-refractivity contribution in [3.63, 3.8) is 0 Å². The van der Waals surface area contributed by atoms with E-state index < -0.39 is 0 Å². The Labute approximate surface area is 99.1 Å². The van der Waals surface area contributed by atoms with Crippen molar-refractivity contribution in [3.05, 3.63) is 5.82 Å². The molecule has 7 heteroatoms. The first-order valence-corrected chi connectivity index (χ1v) is 5.83. The van der Waals surface area contributed by atoms with Crippen molar-refractivity contribution in [1.82, 2.24) is 20.5 Å². The molecular weight excluding hydrogens is 222 g/mol. The summed E-state index contributed by atoms with van der Waals surface area (Å²) >= 11 is 0. The van der Waals surface area contributed by atoms with E-state index >= 15 is 0 Å². The van der Waals surface area contributed by atoms with Crippen LogP contribution in [-0.4, -0.2) is 40.3 Å². The molecule has 1 amide bonds. The first kappa shape index (κ1) is 11.8. The molecule has 4 N–H and O–H groups in total. The fourth-order valence-electron chi connectivity index (χ4n) is 1.91. The van der Waals surface area contributed by atoms with Gasteiger partial charge in [-0.15, -0.1) is 5.10 Å². The Morgan fingerprint density at radius 1 is 1.53 bits per heavy atom. The van der Waals surface area contributed by atoms with Gasteiger partial charge >= 0.3 is 0 Å². The number of anilines is 1. The Hall–Kier alpha value is -1.63. The van der Waals surface area contributed by atoms with Crippen LogP contribution in [0.1, 0.15) is 36.3 Å². The lowest BCUT2D eigenvalue weighted by Gasteiger charge is -2.10. The molecule has 94 valence electrons. The number of aromatic nitrogens is 3. The molecule has 1 heterocycles. The van der Waals surface area contributed by atoms with Gasteiger partial charge in [0.1, 0.15) is 0 Å². The second-order valence-electron chi connectivity index (χ2n) is 4.08. The summed E-state index contributed by atoms with van der Waals surface area (Å²) in [5, 5.41) is 8.71. The van der Waals surface area contributed by atoms with Gasteiger partial charge in [-0.2, -0.15) is 4.98 Å². The van der Waals surface area contributed by atoms with Crippen LogP contribution in [0.15, 0.2) is 0 Å². The van der Waals surface area contributed by atoms with Crippen molar-refractivity contribution < 1.29 is 9.53 Å². The highest BCUT2D eigenvalue weighted by Crippen LogP contribution is 2.20. The number of nitrogens with two attached hydrogens (primary N) is 1. The summed E-state index contributed by atoms with van der Waals surface area (Å²) in [6.07, 6.45) is 5.12. The van der Waals surface area contributed by atoms with Crippen LogP contribution in [0.4, 0.5) is 5.95 Å². The average molecular weight is 239 g/mol. The number of carbonyl (C=O) groups is 1. The SMILES string of the molecule is Nc1n[nH]c(C(=O)NCCOC2CCCC2)n1. The summed E-state index contributed by atoms with van der Waals surface area (Å²) < 4.78 is 5.61. The van der Waals surface area contributed by atoms with E-state index in [0.29, 0.717) is 19.3 Å². The molecule has 1 aromatic rings. The molecule has 0 saturated heterocycles. The van der Waals surface area contributed by atoms with Crippen LogP contribution in [0.25, 0.3) is 0 Å². The van der Waals surface area contributed by atoms with Gasteiger partial charge in [0.15, 0.2) is 0 Å². The van der Waals surface area contributed by atoms with Crippen LogP contribution in [0.3, 0.4) is 0 Å². The van der Waals surface area contributed by atoms with Crippen molar-refractivity contribution in [2.75, 3.05) is 18.9 Å². The van der Waals surface area contributed by atoms with E-state index in [-0.39, 0.29) is 17.7 Å². The molecule has 17 heavy (non-hydrogen) atoms. The van der Waals surface area contributed by atoms with Gasteiger partial charge in [0.05, 0.1) is 12.7 Å². The van der Waals surface area contributed by atoms with Crippen molar-refractivity contribution in [2.24, 2.45) is 0 Å². The zero-order chi connectivity index (χ0) is 12.1. The van der Waals surface area contributed by atoms with Crippen LogP contribution < -0.4 is 11.1 Å². The number of rotatable bonds is 5. The van der Waals surface area contributed by atoms with Crippen LogP contribution in [0.5, 0.6) is 0 Å². The van der Waals surface area contributed by atoms with Gasteiger partial charge in [0, 0.05) is 6.54 Å². The Kier molecular flexibility index (Phi) is 3.92. The Balaban J connectivity index is 1.63. The number of nitrogen functional groups attached to an aromatic ring is 1. The van der Waals surface area contributed by atoms with Crippen LogP contribution in [0, 0.1) is 0 Å². The molecule has 0 atom stereocenters. The van der Waals surface area contributed by atoms with E-state index in [4.69, 9.17) is 10.5 Å². The van der Waals surface area contributed by atoms with E-state index in [1.54, 1.807) is 0 Å². The lowest BCUT2D eigenvalue weighted by molar-refractivity contribution is 0.0580. The summed E-state index contributed by atoms with van der Waals surface area (Å²) in [7, 11) is 0. The van der Waals surface area contributed by atoms with E-state index in [1.807, 2.05) is 0 Å². The number of nitrogens with one attached hydrogen (secondary N) is 2. The summed E-state index contributed by atoms with van der Waals surface area (Å²) in [6.45, 7) is 0.996. The lowest BCUT2D eigenvalue weighted by Crippen LogP contribution is -2.29. The maximum Gasteiger partial charge on any atom is 0.288 e. The predicted molar refractivity (Wildman–Crippen MR) is 61.3 cm³/mol. The van der Waals surface area contributed by atoms with Gasteiger partial charge in [-0.3, -0.25) is 9.89 Å². The molecule has 0 bridgehead atoms. The topological polar surface area (TPSA) is 106 Å². The van der Waals surface area contributed by atoms with Crippen molar-refractivity contribution in [3.8, 4) is 0 Å². The number of hydrogen-bond acceptors (Lipinski definition) is 5. The number of ether oxygens (including phenoxy) is 1. The smallest absolute Gasteiger partial charge is 0.288 e. The highest BCUT2D eigenvalue weighted by molar-refractivity contribution is 5.90. The number of carbonyl (C=O) groups excluding carboxylic acids is 1. The van der Waals surface area contributed by atoms with Gasteiger partial charge in [-0.05, 0) is 12.8 Å². The number of hydrogen-bond donors (Lipinski definition) is 3. The number of nitrogens with zero attached hydrogens (tertiary/aromatic N) is 2. The second-order valence-corrected chi connectivity index (χ2v) is 4.08. The Morgan fingerprint density at radius 3 is 2.94 bits per heavy atom. The molecule has 0 aliphatic heterocycles. The van der Waals surface area contributed by atoms with Gasteiger partial charge in [-0.25, -0.2) is 0 Å². The van der Waals surface area contributed by atoms with Gasteiger partial charge < -0.3 is 15.8 Å². The van der Waals surface area contributed by atoms with E-state index in [9.17, 15) is 4.79 Å². The van der Waals surface area contributed by atoms with Crippen molar-refractivity contribution in [1.29, 1.82) is 0 Å². The molecule has 1 fully saturated rings. The first-order chi connectivity index (χ1) is 8.25. The lowest BCUT2D eigenvalue weighted by atomic mass is 10.3. The highest BCUT2D eigenvalue weighted by Gasteiger charge is 2.15. The second kappa shape index (κ2) is 5.62. The van der Waals surface area contributed by atoms with Gasteiger partial charge in [0.25, 0.3) is 5.91 Å². The average Bonchev–Trinajstić information content (AvgIpc) is 2.95. The molecule has 0 spiro atoms. The molecule has 0 aromatic carbocycles. The zero-order valence-electron chi connectivity index (χ0n) is 9.61. The zero-order valence-corrected chi connectivity index (χ0v) is 9.61. The third kappa shape index (κ3) is 3.42. The van der Waals surface area contributed by atoms with Gasteiger partial charge in [0.2, 0.25) is 11.8 Å². The van der Waals surface area contributed by atoms with Gasteiger partial charge in [-0.1, -0.05) is 12.8 Å². The fraction of sp³-hybridized carbons (Fsp3) is 0.700.